The maximum absolute atomic E-state index is 13.0. The van der Waals surface area contributed by atoms with E-state index in [2.05, 4.69) is 10.4 Å². The Labute approximate surface area is 176 Å². The Morgan fingerprint density at radius 3 is 2.23 bits per heavy atom. The summed E-state index contributed by atoms with van der Waals surface area (Å²) in [4.78, 5) is 37.9. The lowest BCUT2D eigenvalue weighted by molar-refractivity contribution is 0.0941. The van der Waals surface area contributed by atoms with Crippen molar-refractivity contribution in [2.75, 3.05) is 6.26 Å². The number of carbonyl (C=O) groups is 1. The summed E-state index contributed by atoms with van der Waals surface area (Å²) in [6, 6.07) is 10.8. The van der Waals surface area contributed by atoms with E-state index in [1.165, 1.54) is 48.5 Å². The van der Waals surface area contributed by atoms with Crippen LogP contribution in [-0.2, 0) is 22.9 Å². The second kappa shape index (κ2) is 8.64. The van der Waals surface area contributed by atoms with Crippen LogP contribution in [0.5, 0.6) is 0 Å². The zero-order chi connectivity index (χ0) is 22.8. The fourth-order valence-corrected chi connectivity index (χ4v) is 3.44. The van der Waals surface area contributed by atoms with Crippen LogP contribution in [0, 0.1) is 5.82 Å². The summed E-state index contributed by atoms with van der Waals surface area (Å²) in [7, 11) is -3.44. The Morgan fingerprint density at radius 2 is 1.68 bits per heavy atom. The molecule has 0 radical (unpaired) electrons. The van der Waals surface area contributed by atoms with E-state index in [1.807, 2.05) is 0 Å². The number of sulfone groups is 1. The molecular formula is C20H19FN4O5S. The van der Waals surface area contributed by atoms with Crippen molar-refractivity contribution >= 4 is 15.7 Å². The van der Waals surface area contributed by atoms with E-state index >= 15 is 0 Å². The van der Waals surface area contributed by atoms with Crippen LogP contribution in [0.4, 0.5) is 4.39 Å². The maximum atomic E-state index is 13.0. The highest BCUT2D eigenvalue weighted by atomic mass is 32.2. The molecule has 1 aromatic heterocycles. The molecule has 31 heavy (non-hydrogen) atoms. The zero-order valence-electron chi connectivity index (χ0n) is 16.7. The zero-order valence-corrected chi connectivity index (χ0v) is 17.5. The average molecular weight is 446 g/mol. The van der Waals surface area contributed by atoms with Gasteiger partial charge in [-0.15, -0.1) is 0 Å². The number of carbonyl (C=O) groups excluding carboxylic acids is 1. The largest absolute Gasteiger partial charge is 0.352 e. The smallest absolute Gasteiger partial charge is 0.346 e. The minimum Gasteiger partial charge on any atom is -0.346 e. The maximum Gasteiger partial charge on any atom is 0.352 e. The van der Waals surface area contributed by atoms with E-state index in [0.717, 1.165) is 15.5 Å². The average Bonchev–Trinajstić information content (AvgIpc) is 2.73. The molecule has 0 atom stereocenters. The minimum atomic E-state index is -3.44. The van der Waals surface area contributed by atoms with Gasteiger partial charge in [0.1, 0.15) is 5.82 Å². The summed E-state index contributed by atoms with van der Waals surface area (Å²) >= 11 is 0. The number of hydrogen-bond donors (Lipinski definition) is 1. The molecule has 2 aromatic carbocycles. The van der Waals surface area contributed by atoms with E-state index < -0.39 is 38.5 Å². The number of amides is 1. The second-order valence-electron chi connectivity index (χ2n) is 6.67. The first-order chi connectivity index (χ1) is 14.6. The molecule has 9 nitrogen and oxygen atoms in total. The number of hydrogen-bond acceptors (Lipinski definition) is 6. The molecule has 0 saturated heterocycles. The molecule has 0 aliphatic rings. The molecule has 0 aliphatic carbocycles. The van der Waals surface area contributed by atoms with Crippen LogP contribution in [-0.4, -0.2) is 34.9 Å². The highest BCUT2D eigenvalue weighted by molar-refractivity contribution is 7.90. The number of nitrogens with zero attached hydrogens (tertiary/aromatic N) is 3. The predicted octanol–water partition coefficient (Wildman–Crippen LogP) is 0.887. The van der Waals surface area contributed by atoms with Gasteiger partial charge in [0.15, 0.2) is 9.84 Å². The van der Waals surface area contributed by atoms with Gasteiger partial charge in [-0.3, -0.25) is 14.2 Å². The highest BCUT2D eigenvalue weighted by Crippen LogP contribution is 2.12. The third kappa shape index (κ3) is 4.77. The minimum absolute atomic E-state index is 0.000147. The highest BCUT2D eigenvalue weighted by Gasteiger charge is 2.20. The summed E-state index contributed by atoms with van der Waals surface area (Å²) in [6.45, 7) is 1.59. The van der Waals surface area contributed by atoms with Crippen molar-refractivity contribution in [3.63, 3.8) is 0 Å². The van der Waals surface area contributed by atoms with E-state index in [1.54, 1.807) is 6.92 Å². The quantitative estimate of drug-likeness (QED) is 0.600. The van der Waals surface area contributed by atoms with Crippen LogP contribution < -0.4 is 16.6 Å². The Bertz CT molecular complexity index is 1340. The molecular weight excluding hydrogens is 427 g/mol. The van der Waals surface area contributed by atoms with E-state index in [9.17, 15) is 27.2 Å². The number of nitrogens with one attached hydrogen (secondary N) is 1. The summed E-state index contributed by atoms with van der Waals surface area (Å²) in [6.07, 6.45) is 1.05. The molecule has 0 saturated carbocycles. The third-order valence-electron chi connectivity index (χ3n) is 4.47. The summed E-state index contributed by atoms with van der Waals surface area (Å²) in [5.41, 5.74) is -1.33. The van der Waals surface area contributed by atoms with Gasteiger partial charge < -0.3 is 5.32 Å². The molecule has 0 aliphatic heterocycles. The van der Waals surface area contributed by atoms with Crippen LogP contribution in [0.2, 0.25) is 0 Å². The standard InChI is InChI=1S/C20H19FN4O5S/c1-3-24-19(27)17(18(26)22-12-13-4-6-14(21)7-5-13)23-25(20(24)28)15-8-10-16(11-9-15)31(2,29)30/h4-11H,3,12H2,1-2H3,(H,22,26). The van der Waals surface area contributed by atoms with Gasteiger partial charge in [0.25, 0.3) is 11.5 Å². The van der Waals surface area contributed by atoms with Gasteiger partial charge in [0.05, 0.1) is 10.6 Å². The van der Waals surface area contributed by atoms with Crippen molar-refractivity contribution in [2.45, 2.75) is 24.9 Å². The molecule has 3 rings (SSSR count). The Balaban J connectivity index is 1.99. The van der Waals surface area contributed by atoms with Gasteiger partial charge in [-0.05, 0) is 48.9 Å². The lowest BCUT2D eigenvalue weighted by Gasteiger charge is -2.11. The van der Waals surface area contributed by atoms with E-state index in [-0.39, 0.29) is 23.7 Å². The fourth-order valence-electron chi connectivity index (χ4n) is 2.81. The lowest BCUT2D eigenvalue weighted by Crippen LogP contribution is -2.45. The molecule has 1 amide bonds. The molecule has 1 heterocycles. The van der Waals surface area contributed by atoms with Crippen molar-refractivity contribution in [3.05, 3.63) is 86.4 Å². The Hall–Kier alpha value is -3.60. The van der Waals surface area contributed by atoms with Crippen LogP contribution in [0.15, 0.2) is 63.0 Å². The van der Waals surface area contributed by atoms with Crippen molar-refractivity contribution in [1.82, 2.24) is 19.7 Å². The predicted molar refractivity (Wildman–Crippen MR) is 110 cm³/mol. The molecule has 1 N–H and O–H groups in total. The molecule has 11 heteroatoms. The van der Waals surface area contributed by atoms with Gasteiger partial charge in [-0.2, -0.15) is 9.78 Å². The summed E-state index contributed by atoms with van der Waals surface area (Å²) in [5.74, 6) is -1.23. The molecule has 162 valence electrons. The molecule has 0 spiro atoms. The summed E-state index contributed by atoms with van der Waals surface area (Å²) < 4.78 is 38.0. The molecule has 0 bridgehead atoms. The lowest BCUT2D eigenvalue weighted by atomic mass is 10.2. The van der Waals surface area contributed by atoms with Gasteiger partial charge >= 0.3 is 5.69 Å². The topological polar surface area (TPSA) is 120 Å². The van der Waals surface area contributed by atoms with E-state index in [4.69, 9.17) is 0 Å². The first-order valence-electron chi connectivity index (χ1n) is 9.19. The van der Waals surface area contributed by atoms with Crippen molar-refractivity contribution < 1.29 is 17.6 Å². The number of benzene rings is 2. The summed E-state index contributed by atoms with van der Waals surface area (Å²) in [5, 5.41) is 6.44. The van der Waals surface area contributed by atoms with Gasteiger partial charge in [0, 0.05) is 19.3 Å². The van der Waals surface area contributed by atoms with Crippen LogP contribution in [0.1, 0.15) is 23.0 Å². The van der Waals surface area contributed by atoms with Gasteiger partial charge in [-0.1, -0.05) is 12.1 Å². The van der Waals surface area contributed by atoms with Gasteiger partial charge in [-0.25, -0.2) is 17.6 Å². The van der Waals surface area contributed by atoms with Crippen LogP contribution in [0.3, 0.4) is 0 Å². The first kappa shape index (κ1) is 22.1. The van der Waals surface area contributed by atoms with Crippen LogP contribution >= 0.6 is 0 Å². The number of halogens is 1. The van der Waals surface area contributed by atoms with Gasteiger partial charge in [0.2, 0.25) is 5.69 Å². The number of aromatic nitrogens is 3. The van der Waals surface area contributed by atoms with E-state index in [0.29, 0.717) is 5.56 Å². The first-order valence-corrected chi connectivity index (χ1v) is 11.1. The third-order valence-corrected chi connectivity index (χ3v) is 5.60. The van der Waals surface area contributed by atoms with Crippen LogP contribution in [0.25, 0.3) is 5.69 Å². The van der Waals surface area contributed by atoms with Crippen molar-refractivity contribution in [2.24, 2.45) is 0 Å². The normalized spacial score (nSPS) is 11.3. The Morgan fingerprint density at radius 1 is 1.06 bits per heavy atom. The number of rotatable bonds is 6. The molecule has 0 unspecified atom stereocenters. The van der Waals surface area contributed by atoms with Crippen molar-refractivity contribution in [3.8, 4) is 5.69 Å². The van der Waals surface area contributed by atoms with Crippen molar-refractivity contribution in [1.29, 1.82) is 0 Å². The molecule has 3 aromatic rings. The molecule has 0 fully saturated rings. The fraction of sp³-hybridized carbons (Fsp3) is 0.200. The Kier molecular flexibility index (Phi) is 6.16. The monoisotopic (exact) mass is 446 g/mol. The second-order valence-corrected chi connectivity index (χ2v) is 8.68. The SMILES string of the molecule is CCn1c(=O)c(C(=O)NCc2ccc(F)cc2)nn(-c2ccc(S(C)(=O)=O)cc2)c1=O.